The van der Waals surface area contributed by atoms with Gasteiger partial charge in [0.15, 0.2) is 0 Å². The fraction of sp³-hybridized carbons (Fsp3) is 0.545. The minimum absolute atomic E-state index is 0.0455. The monoisotopic (exact) mass is 456 g/mol. The van der Waals surface area contributed by atoms with Crippen molar-refractivity contribution in [1.29, 1.82) is 0 Å². The number of thioether (sulfide) groups is 1. The molecule has 0 aliphatic heterocycles. The number of benzene rings is 1. The normalized spacial score (nSPS) is 12.5. The summed E-state index contributed by atoms with van der Waals surface area (Å²) in [4.78, 5) is 24.1. The zero-order valence-electron chi connectivity index (χ0n) is 18.4. The van der Waals surface area contributed by atoms with Gasteiger partial charge < -0.3 is 20.5 Å². The molecule has 0 aliphatic rings. The molecule has 0 bridgehead atoms. The van der Waals surface area contributed by atoms with Crippen LogP contribution in [0.4, 0.5) is 0 Å². The standard InChI is InChI=1S/C19H28N2O4S2.C3H8/c1-24-19(23)17(10-12-27-2)21-18(22)14-6-8-16(9-7-14)25-11-4-3-5-15(20)13-26;1-3-2/h3,5-9,15,17,26H,4,10-13,20H2,1-2H3,(H,21,22);3H2,1-2H3/b5-3+;. The number of carbonyl (C=O) groups is 2. The Labute approximate surface area is 190 Å². The fourth-order valence-corrected chi connectivity index (χ4v) is 2.74. The predicted molar refractivity (Wildman–Crippen MR) is 130 cm³/mol. The Kier molecular flexibility index (Phi) is 17.2. The van der Waals surface area contributed by atoms with Gasteiger partial charge in [-0.15, -0.1) is 0 Å². The number of methoxy groups -OCH3 is 1. The summed E-state index contributed by atoms with van der Waals surface area (Å²) in [5.41, 5.74) is 6.19. The first-order valence-electron chi connectivity index (χ1n) is 10.1. The van der Waals surface area contributed by atoms with Crippen molar-refractivity contribution in [3.05, 3.63) is 42.0 Å². The molecule has 2 unspecified atom stereocenters. The maximum atomic E-state index is 12.3. The molecular weight excluding hydrogens is 420 g/mol. The average Bonchev–Trinajstić information content (AvgIpc) is 2.76. The number of nitrogens with two attached hydrogens (primary N) is 1. The Morgan fingerprint density at radius 2 is 1.90 bits per heavy atom. The Morgan fingerprint density at radius 3 is 2.43 bits per heavy atom. The van der Waals surface area contributed by atoms with Crippen LogP contribution in [-0.4, -0.2) is 55.4 Å². The lowest BCUT2D eigenvalue weighted by Crippen LogP contribution is -2.41. The van der Waals surface area contributed by atoms with Gasteiger partial charge in [-0.05, 0) is 49.1 Å². The van der Waals surface area contributed by atoms with Crippen LogP contribution in [0.25, 0.3) is 0 Å². The molecule has 1 aromatic rings. The lowest BCUT2D eigenvalue weighted by molar-refractivity contribution is -0.142. The van der Waals surface area contributed by atoms with Crippen LogP contribution in [-0.2, 0) is 9.53 Å². The van der Waals surface area contributed by atoms with E-state index in [0.717, 1.165) is 12.2 Å². The predicted octanol–water partition coefficient (Wildman–Crippen LogP) is 3.71. The van der Waals surface area contributed by atoms with E-state index < -0.39 is 12.0 Å². The van der Waals surface area contributed by atoms with Crippen LogP contribution >= 0.6 is 24.4 Å². The Hall–Kier alpha value is -1.64. The number of nitrogens with one attached hydrogen (secondary N) is 1. The van der Waals surface area contributed by atoms with Gasteiger partial charge in [0.25, 0.3) is 5.91 Å². The molecule has 3 N–H and O–H groups in total. The molecule has 0 aliphatic carbocycles. The maximum absolute atomic E-state index is 12.3. The lowest BCUT2D eigenvalue weighted by Gasteiger charge is -2.16. The summed E-state index contributed by atoms with van der Waals surface area (Å²) in [5.74, 6) is 1.27. The molecule has 0 saturated heterocycles. The van der Waals surface area contributed by atoms with Crippen LogP contribution < -0.4 is 15.8 Å². The van der Waals surface area contributed by atoms with Gasteiger partial charge in [0.05, 0.1) is 13.7 Å². The van der Waals surface area contributed by atoms with Gasteiger partial charge in [-0.25, -0.2) is 4.79 Å². The molecule has 1 amide bonds. The summed E-state index contributed by atoms with van der Waals surface area (Å²) >= 11 is 5.72. The van der Waals surface area contributed by atoms with E-state index in [2.05, 4.69) is 31.8 Å². The van der Waals surface area contributed by atoms with Gasteiger partial charge in [-0.3, -0.25) is 4.79 Å². The summed E-state index contributed by atoms with van der Waals surface area (Å²) in [5, 5.41) is 2.72. The van der Waals surface area contributed by atoms with E-state index in [1.165, 1.54) is 13.5 Å². The largest absolute Gasteiger partial charge is 0.493 e. The van der Waals surface area contributed by atoms with Crippen molar-refractivity contribution in [2.75, 3.05) is 31.5 Å². The highest BCUT2D eigenvalue weighted by Crippen LogP contribution is 2.13. The number of thiol groups is 1. The second-order valence-electron chi connectivity index (χ2n) is 6.47. The second-order valence-corrected chi connectivity index (χ2v) is 7.82. The van der Waals surface area contributed by atoms with Crippen molar-refractivity contribution in [2.24, 2.45) is 5.73 Å². The molecule has 0 radical (unpaired) electrons. The molecule has 0 heterocycles. The first kappa shape index (κ1) is 28.4. The van der Waals surface area contributed by atoms with Gasteiger partial charge in [0, 0.05) is 17.4 Å². The third-order valence-corrected chi connectivity index (χ3v) is 4.73. The van der Waals surface area contributed by atoms with Crippen molar-refractivity contribution in [2.45, 2.75) is 45.2 Å². The van der Waals surface area contributed by atoms with Gasteiger partial charge in [-0.1, -0.05) is 32.4 Å². The molecule has 30 heavy (non-hydrogen) atoms. The molecule has 1 aromatic carbocycles. The molecule has 0 fully saturated rings. The number of carbonyl (C=O) groups excluding carboxylic acids is 2. The number of hydrogen-bond acceptors (Lipinski definition) is 7. The highest BCUT2D eigenvalue weighted by Gasteiger charge is 2.21. The van der Waals surface area contributed by atoms with Crippen LogP contribution in [0.3, 0.4) is 0 Å². The number of ether oxygens (including phenoxy) is 2. The van der Waals surface area contributed by atoms with Gasteiger partial charge in [0.1, 0.15) is 11.8 Å². The van der Waals surface area contributed by atoms with Gasteiger partial charge in [0.2, 0.25) is 0 Å². The number of rotatable bonds is 12. The van der Waals surface area contributed by atoms with Crippen molar-refractivity contribution in [3.8, 4) is 5.75 Å². The quantitative estimate of drug-likeness (QED) is 0.192. The smallest absolute Gasteiger partial charge is 0.328 e. The van der Waals surface area contributed by atoms with E-state index >= 15 is 0 Å². The number of hydrogen-bond donors (Lipinski definition) is 3. The fourth-order valence-electron chi connectivity index (χ4n) is 2.15. The third kappa shape index (κ3) is 12.8. The van der Waals surface area contributed by atoms with Gasteiger partial charge in [-0.2, -0.15) is 24.4 Å². The van der Waals surface area contributed by atoms with Crippen LogP contribution in [0, 0.1) is 0 Å². The van der Waals surface area contributed by atoms with Crippen LogP contribution in [0.1, 0.15) is 43.5 Å². The van der Waals surface area contributed by atoms with E-state index in [1.54, 1.807) is 36.0 Å². The molecule has 8 heteroatoms. The first-order valence-corrected chi connectivity index (χ1v) is 12.1. The molecule has 1 rings (SSSR count). The van der Waals surface area contributed by atoms with Gasteiger partial charge >= 0.3 is 5.97 Å². The Morgan fingerprint density at radius 1 is 1.27 bits per heavy atom. The van der Waals surface area contributed by atoms with E-state index in [4.69, 9.17) is 15.2 Å². The second kappa shape index (κ2) is 18.2. The maximum Gasteiger partial charge on any atom is 0.328 e. The van der Waals surface area contributed by atoms with Crippen LogP contribution in [0.15, 0.2) is 36.4 Å². The van der Waals surface area contributed by atoms with Crippen molar-refractivity contribution < 1.29 is 19.1 Å². The van der Waals surface area contributed by atoms with Crippen molar-refractivity contribution in [3.63, 3.8) is 0 Å². The number of esters is 1. The van der Waals surface area contributed by atoms with E-state index in [0.29, 0.717) is 30.1 Å². The molecule has 6 nitrogen and oxygen atoms in total. The van der Waals surface area contributed by atoms with Crippen LogP contribution in [0.5, 0.6) is 5.75 Å². The molecule has 170 valence electrons. The highest BCUT2D eigenvalue weighted by molar-refractivity contribution is 7.98. The number of amides is 1. The third-order valence-electron chi connectivity index (χ3n) is 3.67. The van der Waals surface area contributed by atoms with Crippen molar-refractivity contribution >= 4 is 36.3 Å². The molecule has 0 aromatic heterocycles. The van der Waals surface area contributed by atoms with E-state index in [1.807, 2.05) is 18.4 Å². The topological polar surface area (TPSA) is 90.6 Å². The summed E-state index contributed by atoms with van der Waals surface area (Å²) in [6, 6.07) is 6.10. The molecular formula is C22H36N2O4S2. The average molecular weight is 457 g/mol. The highest BCUT2D eigenvalue weighted by atomic mass is 32.2. The minimum atomic E-state index is -0.652. The van der Waals surface area contributed by atoms with Crippen LogP contribution in [0.2, 0.25) is 0 Å². The minimum Gasteiger partial charge on any atom is -0.493 e. The zero-order valence-corrected chi connectivity index (χ0v) is 20.1. The zero-order chi connectivity index (χ0) is 22.8. The molecule has 2 atom stereocenters. The summed E-state index contributed by atoms with van der Waals surface area (Å²) in [6.45, 7) is 4.76. The van der Waals surface area contributed by atoms with E-state index in [9.17, 15) is 9.59 Å². The summed E-state index contributed by atoms with van der Waals surface area (Å²) in [7, 11) is 1.31. The molecule has 0 spiro atoms. The van der Waals surface area contributed by atoms with Crippen molar-refractivity contribution in [1.82, 2.24) is 5.32 Å². The molecule has 0 saturated carbocycles. The Bertz CT molecular complexity index is 624. The summed E-state index contributed by atoms with van der Waals surface area (Å²) < 4.78 is 10.4. The SMILES string of the molecule is CCC.COC(=O)C(CCSC)NC(=O)c1ccc(OCC/C=C/C(N)CS)cc1. The van der Waals surface area contributed by atoms with E-state index in [-0.39, 0.29) is 11.9 Å². The Balaban J connectivity index is 0.00000263. The lowest BCUT2D eigenvalue weighted by atomic mass is 10.1. The first-order chi connectivity index (χ1) is 14.4. The summed E-state index contributed by atoms with van der Waals surface area (Å²) in [6.07, 6.45) is 8.31.